The Morgan fingerprint density at radius 3 is 3.06 bits per heavy atom. The molecular formula is C12H17FN2O2. The lowest BCUT2D eigenvalue weighted by Gasteiger charge is -2.34. The average Bonchev–Trinajstić information content (AvgIpc) is 2.34. The molecule has 1 aliphatic heterocycles. The van der Waals surface area contributed by atoms with Gasteiger partial charge in [0.1, 0.15) is 5.82 Å². The summed E-state index contributed by atoms with van der Waals surface area (Å²) >= 11 is 0. The Morgan fingerprint density at radius 1 is 1.59 bits per heavy atom. The fourth-order valence-corrected chi connectivity index (χ4v) is 2.00. The highest BCUT2D eigenvalue weighted by molar-refractivity contribution is 5.69. The summed E-state index contributed by atoms with van der Waals surface area (Å²) in [5, 5.41) is 9.08. The minimum atomic E-state index is -0.293. The van der Waals surface area contributed by atoms with Gasteiger partial charge in [0.15, 0.2) is 0 Å². The minimum Gasteiger partial charge on any atom is -0.397 e. The molecule has 1 aromatic rings. The molecule has 3 N–H and O–H groups in total. The minimum absolute atomic E-state index is 0.0173. The van der Waals surface area contributed by atoms with Crippen molar-refractivity contribution in [3.05, 3.63) is 23.5 Å². The van der Waals surface area contributed by atoms with Crippen molar-refractivity contribution in [1.29, 1.82) is 0 Å². The molecule has 0 radical (unpaired) electrons. The van der Waals surface area contributed by atoms with Gasteiger partial charge in [-0.05, 0) is 24.6 Å². The first kappa shape index (κ1) is 12.1. The molecule has 0 spiro atoms. The summed E-state index contributed by atoms with van der Waals surface area (Å²) in [5.74, 6) is -0.293. The lowest BCUT2D eigenvalue weighted by molar-refractivity contribution is 0.00360. The highest BCUT2D eigenvalue weighted by Crippen LogP contribution is 2.27. The maximum Gasteiger partial charge on any atom is 0.128 e. The number of nitrogens with zero attached hydrogens (tertiary/aromatic N) is 1. The average molecular weight is 240 g/mol. The van der Waals surface area contributed by atoms with Crippen LogP contribution in [0.3, 0.4) is 0 Å². The van der Waals surface area contributed by atoms with Gasteiger partial charge in [0.2, 0.25) is 0 Å². The third-order valence-electron chi connectivity index (χ3n) is 2.99. The van der Waals surface area contributed by atoms with Crippen LogP contribution in [0.1, 0.15) is 5.56 Å². The molecule has 1 saturated heterocycles. The largest absolute Gasteiger partial charge is 0.397 e. The van der Waals surface area contributed by atoms with Gasteiger partial charge in [-0.15, -0.1) is 0 Å². The first-order valence-electron chi connectivity index (χ1n) is 5.65. The van der Waals surface area contributed by atoms with Gasteiger partial charge in [0.05, 0.1) is 30.7 Å². The molecule has 0 aromatic heterocycles. The second-order valence-corrected chi connectivity index (χ2v) is 4.28. The fourth-order valence-electron chi connectivity index (χ4n) is 2.00. The number of rotatable bonds is 2. The van der Waals surface area contributed by atoms with E-state index >= 15 is 0 Å². The van der Waals surface area contributed by atoms with Gasteiger partial charge in [-0.3, -0.25) is 0 Å². The van der Waals surface area contributed by atoms with Gasteiger partial charge in [0, 0.05) is 13.1 Å². The van der Waals surface area contributed by atoms with E-state index in [1.807, 2.05) is 4.90 Å². The van der Waals surface area contributed by atoms with E-state index in [9.17, 15) is 4.39 Å². The van der Waals surface area contributed by atoms with Crippen LogP contribution < -0.4 is 10.6 Å². The van der Waals surface area contributed by atoms with E-state index in [2.05, 4.69) is 0 Å². The van der Waals surface area contributed by atoms with Crippen LogP contribution in [0.4, 0.5) is 15.8 Å². The number of hydrogen-bond donors (Lipinski definition) is 2. The Labute approximate surface area is 99.8 Å². The Balaban J connectivity index is 2.24. The van der Waals surface area contributed by atoms with Crippen LogP contribution in [0.25, 0.3) is 0 Å². The Kier molecular flexibility index (Phi) is 3.49. The number of nitrogens with two attached hydrogens (primary N) is 1. The van der Waals surface area contributed by atoms with Gasteiger partial charge < -0.3 is 20.5 Å². The van der Waals surface area contributed by atoms with E-state index in [1.54, 1.807) is 13.0 Å². The van der Waals surface area contributed by atoms with E-state index in [4.69, 9.17) is 15.6 Å². The monoisotopic (exact) mass is 240 g/mol. The number of hydrogen-bond acceptors (Lipinski definition) is 4. The topological polar surface area (TPSA) is 58.7 Å². The quantitative estimate of drug-likeness (QED) is 0.754. The van der Waals surface area contributed by atoms with Crippen molar-refractivity contribution in [2.45, 2.75) is 13.0 Å². The van der Waals surface area contributed by atoms with E-state index in [0.717, 1.165) is 5.69 Å². The summed E-state index contributed by atoms with van der Waals surface area (Å²) in [6, 6.07) is 3.08. The highest BCUT2D eigenvalue weighted by Gasteiger charge is 2.21. The molecule has 17 heavy (non-hydrogen) atoms. The molecule has 1 heterocycles. The van der Waals surface area contributed by atoms with E-state index < -0.39 is 0 Å². The number of nitrogen functional groups attached to an aromatic ring is 1. The highest BCUT2D eigenvalue weighted by atomic mass is 19.1. The first-order chi connectivity index (χ1) is 8.11. The summed E-state index contributed by atoms with van der Waals surface area (Å²) in [6.07, 6.45) is -0.200. The van der Waals surface area contributed by atoms with Crippen LogP contribution >= 0.6 is 0 Å². The van der Waals surface area contributed by atoms with Gasteiger partial charge in [-0.2, -0.15) is 0 Å². The predicted octanol–water partition coefficient (Wildman–Crippen LogP) is 0.914. The SMILES string of the molecule is Cc1cc(N2CCOC(CO)C2)c(N)cc1F. The van der Waals surface area contributed by atoms with Crippen molar-refractivity contribution in [3.63, 3.8) is 0 Å². The molecule has 0 amide bonds. The van der Waals surface area contributed by atoms with Gasteiger partial charge in [-0.25, -0.2) is 4.39 Å². The first-order valence-corrected chi connectivity index (χ1v) is 5.65. The molecule has 2 rings (SSSR count). The fraction of sp³-hybridized carbons (Fsp3) is 0.500. The van der Waals surface area contributed by atoms with Gasteiger partial charge in [-0.1, -0.05) is 0 Å². The van der Waals surface area contributed by atoms with Crippen LogP contribution in [0.15, 0.2) is 12.1 Å². The Bertz CT molecular complexity index is 412. The van der Waals surface area contributed by atoms with Crippen molar-refractivity contribution in [2.24, 2.45) is 0 Å². The van der Waals surface area contributed by atoms with Crippen LogP contribution in [-0.2, 0) is 4.74 Å². The lowest BCUT2D eigenvalue weighted by atomic mass is 10.1. The van der Waals surface area contributed by atoms with E-state index in [0.29, 0.717) is 30.9 Å². The summed E-state index contributed by atoms with van der Waals surface area (Å²) < 4.78 is 18.7. The maximum absolute atomic E-state index is 13.3. The van der Waals surface area contributed by atoms with Crippen molar-refractivity contribution >= 4 is 11.4 Å². The summed E-state index contributed by atoms with van der Waals surface area (Å²) in [5.41, 5.74) is 7.63. The molecule has 1 aromatic carbocycles. The number of halogens is 1. The molecule has 0 aliphatic carbocycles. The molecule has 94 valence electrons. The molecule has 0 bridgehead atoms. The zero-order chi connectivity index (χ0) is 12.4. The second-order valence-electron chi connectivity index (χ2n) is 4.28. The normalized spacial score (nSPS) is 20.6. The number of anilines is 2. The number of morpholine rings is 1. The van der Waals surface area contributed by atoms with E-state index in [1.165, 1.54) is 6.07 Å². The Morgan fingerprint density at radius 2 is 2.35 bits per heavy atom. The molecular weight excluding hydrogens is 223 g/mol. The summed E-state index contributed by atoms with van der Waals surface area (Å²) in [4.78, 5) is 2.02. The van der Waals surface area contributed by atoms with Crippen molar-refractivity contribution < 1.29 is 14.2 Å². The third-order valence-corrected chi connectivity index (χ3v) is 2.99. The van der Waals surface area contributed by atoms with E-state index in [-0.39, 0.29) is 18.5 Å². The molecule has 1 atom stereocenters. The number of aliphatic hydroxyl groups is 1. The zero-order valence-corrected chi connectivity index (χ0v) is 9.82. The van der Waals surface area contributed by atoms with Crippen LogP contribution in [0, 0.1) is 12.7 Å². The molecule has 5 heteroatoms. The van der Waals surface area contributed by atoms with Gasteiger partial charge in [0.25, 0.3) is 0 Å². The predicted molar refractivity (Wildman–Crippen MR) is 64.6 cm³/mol. The van der Waals surface area contributed by atoms with Crippen LogP contribution in [0.5, 0.6) is 0 Å². The molecule has 1 fully saturated rings. The smallest absolute Gasteiger partial charge is 0.128 e. The second kappa shape index (κ2) is 4.89. The number of aliphatic hydroxyl groups excluding tert-OH is 1. The zero-order valence-electron chi connectivity index (χ0n) is 9.82. The lowest BCUT2D eigenvalue weighted by Crippen LogP contribution is -2.44. The molecule has 1 aliphatic rings. The van der Waals surface area contributed by atoms with Crippen LogP contribution in [-0.4, -0.2) is 37.5 Å². The number of benzene rings is 1. The number of aryl methyl sites for hydroxylation is 1. The third kappa shape index (κ3) is 2.50. The molecule has 4 nitrogen and oxygen atoms in total. The Hall–Kier alpha value is -1.33. The number of ether oxygens (including phenoxy) is 1. The summed E-state index contributed by atoms with van der Waals surface area (Å²) in [7, 11) is 0. The maximum atomic E-state index is 13.3. The summed E-state index contributed by atoms with van der Waals surface area (Å²) in [6.45, 7) is 3.51. The van der Waals surface area contributed by atoms with Gasteiger partial charge >= 0.3 is 0 Å². The molecule has 1 unspecified atom stereocenters. The van der Waals surface area contributed by atoms with Crippen molar-refractivity contribution in [2.75, 3.05) is 36.9 Å². The van der Waals surface area contributed by atoms with Crippen LogP contribution in [0.2, 0.25) is 0 Å². The standard InChI is InChI=1S/C12H17FN2O2/c1-8-4-12(11(14)5-10(8)13)15-2-3-17-9(6-15)7-16/h4-5,9,16H,2-3,6-7,14H2,1H3. The van der Waals surface area contributed by atoms with Crippen molar-refractivity contribution in [3.8, 4) is 0 Å². The van der Waals surface area contributed by atoms with Crippen molar-refractivity contribution in [1.82, 2.24) is 0 Å². The molecule has 0 saturated carbocycles.